The van der Waals surface area contributed by atoms with Gasteiger partial charge in [0, 0.05) is 17.6 Å². The molecule has 0 N–H and O–H groups in total. The van der Waals surface area contributed by atoms with Crippen molar-refractivity contribution in [3.8, 4) is 5.75 Å². The van der Waals surface area contributed by atoms with Crippen molar-refractivity contribution in [2.75, 3.05) is 6.61 Å². The van der Waals surface area contributed by atoms with E-state index in [1.54, 1.807) is 0 Å². The monoisotopic (exact) mass is 390 g/mol. The topological polar surface area (TPSA) is 36.3 Å². The first kappa shape index (κ1) is 15.2. The Balaban J connectivity index is 1.49. The third-order valence-electron chi connectivity index (χ3n) is 6.32. The third-order valence-corrected chi connectivity index (χ3v) is 6.94. The zero-order valence-electron chi connectivity index (χ0n) is 14.1. The number of aromatic nitrogens is 2. The fourth-order valence-electron chi connectivity index (χ4n) is 4.16. The van der Waals surface area contributed by atoms with Crippen molar-refractivity contribution < 1.29 is 9.47 Å². The number of hydrogen-bond acceptors (Lipinski definition) is 3. The first-order valence-electron chi connectivity index (χ1n) is 9.05. The lowest BCUT2D eigenvalue weighted by Crippen LogP contribution is -2.54. The number of halogens is 1. The number of benzene rings is 1. The minimum Gasteiger partial charge on any atom is -0.489 e. The average Bonchev–Trinajstić information content (AvgIpc) is 2.95. The van der Waals surface area contributed by atoms with Crippen LogP contribution in [-0.2, 0) is 10.3 Å². The smallest absolute Gasteiger partial charge is 0.136 e. The summed E-state index contributed by atoms with van der Waals surface area (Å²) >= 11 is 3.66. The summed E-state index contributed by atoms with van der Waals surface area (Å²) in [6, 6.07) is 4.22. The number of fused-ring (bicyclic) bond motifs is 4. The van der Waals surface area contributed by atoms with E-state index >= 15 is 0 Å². The molecule has 0 unspecified atom stereocenters. The zero-order chi connectivity index (χ0) is 16.4. The van der Waals surface area contributed by atoms with E-state index in [-0.39, 0.29) is 11.1 Å². The van der Waals surface area contributed by atoms with Gasteiger partial charge in [0.05, 0.1) is 33.8 Å². The molecule has 0 spiro atoms. The number of ether oxygens (including phenoxy) is 2. The van der Waals surface area contributed by atoms with Gasteiger partial charge in [-0.25, -0.2) is 0 Å². The molecule has 3 heterocycles. The Bertz CT molecular complexity index is 771. The van der Waals surface area contributed by atoms with E-state index in [0.717, 1.165) is 66.3 Å². The van der Waals surface area contributed by atoms with E-state index in [1.807, 2.05) is 0 Å². The van der Waals surface area contributed by atoms with Gasteiger partial charge in [-0.3, -0.25) is 4.68 Å². The van der Waals surface area contributed by atoms with Crippen LogP contribution >= 0.6 is 15.9 Å². The summed E-state index contributed by atoms with van der Waals surface area (Å²) in [5.74, 6) is 0.922. The molecule has 2 aliphatic heterocycles. The quantitative estimate of drug-likeness (QED) is 0.755. The SMILES string of the molecule is CC12CCC(n3cc4cc(Br)c(OC5CCC5)cc4n3)(CC1)CO2. The maximum Gasteiger partial charge on any atom is 0.136 e. The van der Waals surface area contributed by atoms with Crippen LogP contribution in [-0.4, -0.2) is 28.1 Å². The lowest BCUT2D eigenvalue weighted by Gasteiger charge is -2.51. The zero-order valence-corrected chi connectivity index (χ0v) is 15.6. The molecule has 2 bridgehead atoms. The van der Waals surface area contributed by atoms with Gasteiger partial charge in [0.2, 0.25) is 0 Å². The number of nitrogens with zero attached hydrogens (tertiary/aromatic N) is 2. The predicted molar refractivity (Wildman–Crippen MR) is 96.5 cm³/mol. The molecule has 6 rings (SSSR count). The number of rotatable bonds is 3. The fourth-order valence-corrected chi connectivity index (χ4v) is 4.62. The van der Waals surface area contributed by atoms with Gasteiger partial charge < -0.3 is 9.47 Å². The van der Waals surface area contributed by atoms with Gasteiger partial charge in [-0.05, 0) is 73.9 Å². The highest BCUT2D eigenvalue weighted by Crippen LogP contribution is 2.47. The third kappa shape index (κ3) is 2.31. The highest BCUT2D eigenvalue weighted by atomic mass is 79.9. The van der Waals surface area contributed by atoms with Gasteiger partial charge in [0.1, 0.15) is 5.75 Å². The molecular weight excluding hydrogens is 368 g/mol. The molecule has 128 valence electrons. The highest BCUT2D eigenvalue weighted by Gasteiger charge is 2.49. The standard InChI is InChI=1S/C19H23BrN2O2/c1-18-5-7-19(8-6-18,12-23-18)22-11-13-9-15(20)17(10-16(13)21-22)24-14-3-2-4-14/h9-11,14H,2-8,12H2,1H3. The molecule has 2 aromatic rings. The van der Waals surface area contributed by atoms with Crippen LogP contribution in [0.5, 0.6) is 5.75 Å². The predicted octanol–water partition coefficient (Wildman–Crippen LogP) is 4.79. The Labute approximate surface area is 150 Å². The van der Waals surface area contributed by atoms with Crippen LogP contribution in [0.2, 0.25) is 0 Å². The van der Waals surface area contributed by atoms with Gasteiger partial charge in [0.25, 0.3) is 0 Å². The summed E-state index contributed by atoms with van der Waals surface area (Å²) in [5.41, 5.74) is 1.15. The summed E-state index contributed by atoms with van der Waals surface area (Å²) in [7, 11) is 0. The molecule has 24 heavy (non-hydrogen) atoms. The Morgan fingerprint density at radius 3 is 2.67 bits per heavy atom. The molecule has 5 heteroatoms. The van der Waals surface area contributed by atoms with Crippen LogP contribution in [0.25, 0.3) is 10.9 Å². The lowest BCUT2D eigenvalue weighted by atomic mass is 9.72. The average molecular weight is 391 g/mol. The molecule has 4 fully saturated rings. The second kappa shape index (κ2) is 5.21. The van der Waals surface area contributed by atoms with Gasteiger partial charge >= 0.3 is 0 Å². The van der Waals surface area contributed by atoms with E-state index in [2.05, 4.69) is 45.9 Å². The minimum absolute atomic E-state index is 0.0399. The van der Waals surface area contributed by atoms with E-state index in [0.29, 0.717) is 6.10 Å². The fraction of sp³-hybridized carbons (Fsp3) is 0.632. The Morgan fingerprint density at radius 1 is 1.25 bits per heavy atom. The molecule has 0 radical (unpaired) electrons. The Kier molecular flexibility index (Phi) is 3.30. The largest absolute Gasteiger partial charge is 0.489 e. The Morgan fingerprint density at radius 2 is 2.04 bits per heavy atom. The normalized spacial score (nSPS) is 32.9. The second-order valence-electron chi connectivity index (χ2n) is 8.05. The summed E-state index contributed by atoms with van der Waals surface area (Å²) in [6.45, 7) is 3.03. The minimum atomic E-state index is 0.0399. The molecule has 2 saturated carbocycles. The Hall–Kier alpha value is -1.07. The van der Waals surface area contributed by atoms with Crippen molar-refractivity contribution in [1.29, 1.82) is 0 Å². The highest BCUT2D eigenvalue weighted by molar-refractivity contribution is 9.10. The molecule has 1 aromatic heterocycles. The van der Waals surface area contributed by atoms with Crippen LogP contribution in [0.1, 0.15) is 51.9 Å². The molecule has 0 atom stereocenters. The molecule has 2 aliphatic carbocycles. The van der Waals surface area contributed by atoms with Gasteiger partial charge in [-0.1, -0.05) is 0 Å². The van der Waals surface area contributed by atoms with Crippen molar-refractivity contribution in [2.24, 2.45) is 0 Å². The van der Waals surface area contributed by atoms with Crippen molar-refractivity contribution in [2.45, 2.75) is 69.1 Å². The van der Waals surface area contributed by atoms with Crippen LogP contribution in [0, 0.1) is 0 Å². The first-order chi connectivity index (χ1) is 11.6. The van der Waals surface area contributed by atoms with Crippen molar-refractivity contribution >= 4 is 26.8 Å². The summed E-state index contributed by atoms with van der Waals surface area (Å²) < 4.78 is 15.4. The van der Waals surface area contributed by atoms with Gasteiger partial charge in [0.15, 0.2) is 0 Å². The molecule has 1 aromatic carbocycles. The van der Waals surface area contributed by atoms with E-state index in [4.69, 9.17) is 14.6 Å². The summed E-state index contributed by atoms with van der Waals surface area (Å²) in [5, 5.41) is 6.08. The van der Waals surface area contributed by atoms with Crippen LogP contribution in [0.3, 0.4) is 0 Å². The van der Waals surface area contributed by atoms with Crippen LogP contribution < -0.4 is 4.74 Å². The van der Waals surface area contributed by atoms with Crippen molar-refractivity contribution in [3.63, 3.8) is 0 Å². The molecule has 4 nitrogen and oxygen atoms in total. The molecule has 4 aliphatic rings. The summed E-state index contributed by atoms with van der Waals surface area (Å²) in [6.07, 6.45) is 10.7. The number of hydrogen-bond donors (Lipinski definition) is 0. The van der Waals surface area contributed by atoms with Gasteiger partial charge in [-0.2, -0.15) is 5.10 Å². The summed E-state index contributed by atoms with van der Waals surface area (Å²) in [4.78, 5) is 0. The van der Waals surface area contributed by atoms with E-state index in [9.17, 15) is 0 Å². The molecule has 0 amide bonds. The maximum atomic E-state index is 6.15. The van der Waals surface area contributed by atoms with Crippen molar-refractivity contribution in [3.05, 3.63) is 22.8 Å². The lowest BCUT2D eigenvalue weighted by molar-refractivity contribution is -0.169. The maximum absolute atomic E-state index is 6.15. The second-order valence-corrected chi connectivity index (χ2v) is 8.90. The molecule has 2 saturated heterocycles. The first-order valence-corrected chi connectivity index (χ1v) is 9.85. The van der Waals surface area contributed by atoms with Crippen LogP contribution in [0.4, 0.5) is 0 Å². The molecular formula is C19H23BrN2O2. The van der Waals surface area contributed by atoms with E-state index < -0.39 is 0 Å². The van der Waals surface area contributed by atoms with Crippen LogP contribution in [0.15, 0.2) is 22.8 Å². The van der Waals surface area contributed by atoms with Gasteiger partial charge in [-0.15, -0.1) is 0 Å². The van der Waals surface area contributed by atoms with Crippen molar-refractivity contribution in [1.82, 2.24) is 9.78 Å². The van der Waals surface area contributed by atoms with E-state index in [1.165, 1.54) is 6.42 Å².